The third-order valence-corrected chi connectivity index (χ3v) is 2.93. The average Bonchev–Trinajstić information content (AvgIpc) is 2.76. The number of hydrogen-bond acceptors (Lipinski definition) is 2. The van der Waals surface area contributed by atoms with Gasteiger partial charge in [0.2, 0.25) is 0 Å². The lowest BCUT2D eigenvalue weighted by molar-refractivity contribution is -0.141. The molecule has 0 bridgehead atoms. The standard InChI is InChI=1S/C10H14F3N3/c1-16-8(4-7-2-3-14-6-7)5-9(15-16)10(11,12)13/h5,7,14H,2-4,6H2,1H3. The average molecular weight is 233 g/mol. The summed E-state index contributed by atoms with van der Waals surface area (Å²) in [7, 11) is 1.56. The molecule has 0 amide bonds. The van der Waals surface area contributed by atoms with E-state index in [0.29, 0.717) is 18.0 Å². The molecule has 1 aromatic rings. The summed E-state index contributed by atoms with van der Waals surface area (Å²) in [5.74, 6) is 0.427. The van der Waals surface area contributed by atoms with Crippen LogP contribution in [-0.4, -0.2) is 22.9 Å². The van der Waals surface area contributed by atoms with E-state index in [2.05, 4.69) is 10.4 Å². The van der Waals surface area contributed by atoms with Crippen molar-refractivity contribution < 1.29 is 13.2 Å². The van der Waals surface area contributed by atoms with Gasteiger partial charge in [-0.2, -0.15) is 18.3 Å². The molecule has 0 saturated carbocycles. The molecule has 1 aliphatic heterocycles. The molecule has 3 nitrogen and oxygen atoms in total. The van der Waals surface area contributed by atoms with Crippen LogP contribution in [0, 0.1) is 5.92 Å². The minimum Gasteiger partial charge on any atom is -0.316 e. The predicted molar refractivity (Wildman–Crippen MR) is 52.9 cm³/mol. The Labute approximate surface area is 91.6 Å². The molecular formula is C10H14F3N3. The Balaban J connectivity index is 2.12. The molecule has 2 rings (SSSR count). The van der Waals surface area contributed by atoms with E-state index in [4.69, 9.17) is 0 Å². The molecule has 6 heteroatoms. The van der Waals surface area contributed by atoms with E-state index in [0.717, 1.165) is 25.6 Å². The summed E-state index contributed by atoms with van der Waals surface area (Å²) < 4.78 is 38.6. The van der Waals surface area contributed by atoms with Gasteiger partial charge in [0, 0.05) is 12.7 Å². The monoisotopic (exact) mass is 233 g/mol. The summed E-state index contributed by atoms with van der Waals surface area (Å²) in [6.45, 7) is 1.83. The maximum absolute atomic E-state index is 12.4. The number of alkyl halides is 3. The Kier molecular flexibility index (Phi) is 2.92. The van der Waals surface area contributed by atoms with Gasteiger partial charge in [-0.3, -0.25) is 4.68 Å². The van der Waals surface area contributed by atoms with Crippen molar-refractivity contribution >= 4 is 0 Å². The van der Waals surface area contributed by atoms with Crippen LogP contribution in [0.1, 0.15) is 17.8 Å². The molecule has 1 fully saturated rings. The summed E-state index contributed by atoms with van der Waals surface area (Å²) in [6.07, 6.45) is -2.66. The molecule has 1 saturated heterocycles. The highest BCUT2D eigenvalue weighted by Crippen LogP contribution is 2.29. The SMILES string of the molecule is Cn1nc(C(F)(F)F)cc1CC1CCNC1. The van der Waals surface area contributed by atoms with Gasteiger partial charge in [0.05, 0.1) is 0 Å². The van der Waals surface area contributed by atoms with Gasteiger partial charge >= 0.3 is 6.18 Å². The largest absolute Gasteiger partial charge is 0.435 e. The fraction of sp³-hybridized carbons (Fsp3) is 0.700. The number of hydrogen-bond donors (Lipinski definition) is 1. The number of rotatable bonds is 2. The van der Waals surface area contributed by atoms with E-state index in [9.17, 15) is 13.2 Å². The Morgan fingerprint density at radius 1 is 1.56 bits per heavy atom. The van der Waals surface area contributed by atoms with E-state index in [1.807, 2.05) is 0 Å². The summed E-state index contributed by atoms with van der Waals surface area (Å²) in [5.41, 5.74) is -0.142. The van der Waals surface area contributed by atoms with Crippen molar-refractivity contribution in [3.05, 3.63) is 17.5 Å². The third kappa shape index (κ3) is 2.37. The normalized spacial score (nSPS) is 21.6. The van der Waals surface area contributed by atoms with E-state index < -0.39 is 11.9 Å². The number of aryl methyl sites for hydroxylation is 1. The fourth-order valence-electron chi connectivity index (χ4n) is 2.02. The van der Waals surface area contributed by atoms with Crippen LogP contribution >= 0.6 is 0 Å². The highest BCUT2D eigenvalue weighted by Gasteiger charge is 2.34. The van der Waals surface area contributed by atoms with Crippen LogP contribution in [-0.2, 0) is 19.6 Å². The molecule has 90 valence electrons. The maximum atomic E-state index is 12.4. The first-order valence-corrected chi connectivity index (χ1v) is 5.27. The third-order valence-electron chi connectivity index (χ3n) is 2.93. The van der Waals surface area contributed by atoms with Crippen LogP contribution in [0.4, 0.5) is 13.2 Å². The van der Waals surface area contributed by atoms with E-state index in [1.54, 1.807) is 7.05 Å². The Bertz CT molecular complexity index is 364. The predicted octanol–water partition coefficient (Wildman–Crippen LogP) is 1.59. The molecule has 1 unspecified atom stereocenters. The minimum atomic E-state index is -4.34. The first-order valence-electron chi connectivity index (χ1n) is 5.27. The molecule has 1 aromatic heterocycles. The number of nitrogens with zero attached hydrogens (tertiary/aromatic N) is 2. The first kappa shape index (κ1) is 11.4. The Morgan fingerprint density at radius 2 is 2.31 bits per heavy atom. The molecule has 0 aliphatic carbocycles. The van der Waals surface area contributed by atoms with Gasteiger partial charge in [0.15, 0.2) is 5.69 Å². The van der Waals surface area contributed by atoms with Crippen LogP contribution in [0.15, 0.2) is 6.07 Å². The van der Waals surface area contributed by atoms with Crippen molar-refractivity contribution in [2.75, 3.05) is 13.1 Å². The van der Waals surface area contributed by atoms with Crippen LogP contribution < -0.4 is 5.32 Å². The molecule has 2 heterocycles. The molecule has 1 aliphatic rings. The Hall–Kier alpha value is -1.04. The van der Waals surface area contributed by atoms with Crippen molar-refractivity contribution in [2.24, 2.45) is 13.0 Å². The molecule has 1 atom stereocenters. The summed E-state index contributed by atoms with van der Waals surface area (Å²) in [6, 6.07) is 1.15. The highest BCUT2D eigenvalue weighted by atomic mass is 19.4. The topological polar surface area (TPSA) is 29.9 Å². The smallest absolute Gasteiger partial charge is 0.316 e. The van der Waals surface area contributed by atoms with Crippen LogP contribution in [0.25, 0.3) is 0 Å². The van der Waals surface area contributed by atoms with Gasteiger partial charge in [-0.1, -0.05) is 0 Å². The zero-order valence-corrected chi connectivity index (χ0v) is 9.01. The van der Waals surface area contributed by atoms with E-state index in [1.165, 1.54) is 4.68 Å². The second kappa shape index (κ2) is 4.08. The van der Waals surface area contributed by atoms with E-state index >= 15 is 0 Å². The van der Waals surface area contributed by atoms with Crippen molar-refractivity contribution in [3.63, 3.8) is 0 Å². The van der Waals surface area contributed by atoms with Crippen molar-refractivity contribution in [1.29, 1.82) is 0 Å². The van der Waals surface area contributed by atoms with Crippen LogP contribution in [0.2, 0.25) is 0 Å². The second-order valence-corrected chi connectivity index (χ2v) is 4.21. The summed E-state index contributed by atoms with van der Waals surface area (Å²) in [4.78, 5) is 0. The van der Waals surface area contributed by atoms with Gasteiger partial charge in [0.1, 0.15) is 0 Å². The molecular weight excluding hydrogens is 219 g/mol. The number of nitrogens with one attached hydrogen (secondary N) is 1. The van der Waals surface area contributed by atoms with Gasteiger partial charge in [-0.25, -0.2) is 0 Å². The lowest BCUT2D eigenvalue weighted by Crippen LogP contribution is -2.12. The zero-order chi connectivity index (χ0) is 11.8. The van der Waals surface area contributed by atoms with E-state index in [-0.39, 0.29) is 0 Å². The molecule has 0 spiro atoms. The van der Waals surface area contributed by atoms with Crippen LogP contribution in [0.3, 0.4) is 0 Å². The molecule has 0 aromatic carbocycles. The minimum absolute atomic E-state index is 0.427. The molecule has 16 heavy (non-hydrogen) atoms. The van der Waals surface area contributed by atoms with Gasteiger partial charge < -0.3 is 5.32 Å². The lowest BCUT2D eigenvalue weighted by Gasteiger charge is -2.07. The fourth-order valence-corrected chi connectivity index (χ4v) is 2.02. The lowest BCUT2D eigenvalue weighted by atomic mass is 10.0. The number of aromatic nitrogens is 2. The van der Waals surface area contributed by atoms with Crippen LogP contribution in [0.5, 0.6) is 0 Å². The van der Waals surface area contributed by atoms with Crippen molar-refractivity contribution in [2.45, 2.75) is 19.0 Å². The Morgan fingerprint density at radius 3 is 2.81 bits per heavy atom. The van der Waals surface area contributed by atoms with Crippen molar-refractivity contribution in [1.82, 2.24) is 15.1 Å². The van der Waals surface area contributed by atoms with Gasteiger partial charge in [-0.05, 0) is 37.9 Å². The summed E-state index contributed by atoms with van der Waals surface area (Å²) >= 11 is 0. The maximum Gasteiger partial charge on any atom is 0.435 e. The first-order chi connectivity index (χ1) is 7.47. The highest BCUT2D eigenvalue weighted by molar-refractivity contribution is 5.14. The van der Waals surface area contributed by atoms with Gasteiger partial charge in [0.25, 0.3) is 0 Å². The van der Waals surface area contributed by atoms with Crippen molar-refractivity contribution in [3.8, 4) is 0 Å². The zero-order valence-electron chi connectivity index (χ0n) is 9.01. The van der Waals surface area contributed by atoms with Gasteiger partial charge in [-0.15, -0.1) is 0 Å². The molecule has 1 N–H and O–H groups in total. The second-order valence-electron chi connectivity index (χ2n) is 4.21. The quantitative estimate of drug-likeness (QED) is 0.840. The molecule has 0 radical (unpaired) electrons. The summed E-state index contributed by atoms with van der Waals surface area (Å²) in [5, 5.41) is 6.69. The number of halogens is 3.